The molecule has 3 aromatic rings. The zero-order chi connectivity index (χ0) is 13.4. The Morgan fingerprint density at radius 2 is 2.25 bits per heavy atom. The molecular weight excluding hydrogens is 268 g/mol. The highest BCUT2D eigenvalue weighted by Gasteiger charge is 2.20. The van der Waals surface area contributed by atoms with Gasteiger partial charge in [-0.3, -0.25) is 0 Å². The van der Waals surface area contributed by atoms with Crippen LogP contribution >= 0.6 is 11.3 Å². The lowest BCUT2D eigenvalue weighted by molar-refractivity contribution is 0.767. The van der Waals surface area contributed by atoms with Crippen molar-refractivity contribution in [3.05, 3.63) is 52.8 Å². The van der Waals surface area contributed by atoms with Crippen LogP contribution in [-0.2, 0) is 6.42 Å². The Hall–Kier alpha value is -2.27. The summed E-state index contributed by atoms with van der Waals surface area (Å²) < 4.78 is 1.95. The molecule has 0 N–H and O–H groups in total. The molecule has 0 spiro atoms. The quantitative estimate of drug-likeness (QED) is 0.723. The minimum absolute atomic E-state index is 0.827. The van der Waals surface area contributed by atoms with Crippen LogP contribution in [0, 0.1) is 0 Å². The fourth-order valence-electron chi connectivity index (χ4n) is 2.51. The van der Waals surface area contributed by atoms with Crippen molar-refractivity contribution >= 4 is 17.4 Å². The lowest BCUT2D eigenvalue weighted by Crippen LogP contribution is -2.06. The monoisotopic (exact) mass is 280 g/mol. The van der Waals surface area contributed by atoms with E-state index in [0.29, 0.717) is 0 Å². The third kappa shape index (κ3) is 1.78. The average molecular weight is 280 g/mol. The summed E-state index contributed by atoms with van der Waals surface area (Å²) in [5, 5.41) is 9.00. The van der Waals surface area contributed by atoms with Gasteiger partial charge in [0.2, 0.25) is 0 Å². The van der Waals surface area contributed by atoms with E-state index in [1.54, 1.807) is 23.9 Å². The molecule has 0 amide bonds. The van der Waals surface area contributed by atoms with Crippen LogP contribution in [0.15, 0.2) is 41.5 Å². The van der Waals surface area contributed by atoms with E-state index in [4.69, 9.17) is 5.10 Å². The molecule has 0 saturated heterocycles. The van der Waals surface area contributed by atoms with E-state index in [0.717, 1.165) is 24.4 Å². The second-order valence-corrected chi connectivity index (χ2v) is 5.42. The van der Waals surface area contributed by atoms with Gasteiger partial charge in [0.1, 0.15) is 12.0 Å². The highest BCUT2D eigenvalue weighted by molar-refractivity contribution is 7.08. The summed E-state index contributed by atoms with van der Waals surface area (Å²) in [7, 11) is 0. The van der Waals surface area contributed by atoms with E-state index in [9.17, 15) is 0 Å². The van der Waals surface area contributed by atoms with Crippen LogP contribution < -0.4 is 0 Å². The fourth-order valence-corrected chi connectivity index (χ4v) is 3.15. The fraction of sp³-hybridized carbons (Fsp3) is 0.133. The highest BCUT2D eigenvalue weighted by atomic mass is 32.1. The smallest absolute Gasteiger partial charge is 0.157 e. The molecule has 4 rings (SSSR count). The molecule has 0 atom stereocenters. The number of nitrogens with zero attached hydrogens (tertiary/aromatic N) is 4. The predicted molar refractivity (Wildman–Crippen MR) is 79.8 cm³/mol. The van der Waals surface area contributed by atoms with Crippen molar-refractivity contribution in [2.45, 2.75) is 12.8 Å². The van der Waals surface area contributed by atoms with E-state index in [1.807, 2.05) is 10.7 Å². The molecular formula is C15H12N4S. The summed E-state index contributed by atoms with van der Waals surface area (Å²) in [5.41, 5.74) is 4.65. The first-order chi connectivity index (χ1) is 9.93. The largest absolute Gasteiger partial charge is 0.245 e. The first-order valence-electron chi connectivity index (χ1n) is 6.51. The Morgan fingerprint density at radius 1 is 1.25 bits per heavy atom. The van der Waals surface area contributed by atoms with Gasteiger partial charge in [-0.2, -0.15) is 16.4 Å². The van der Waals surface area contributed by atoms with Crippen LogP contribution in [0.3, 0.4) is 0 Å². The number of rotatable bonds is 2. The number of fused-ring (bicyclic) bond motifs is 1. The molecule has 1 aliphatic rings. The maximum Gasteiger partial charge on any atom is 0.157 e. The van der Waals surface area contributed by atoms with Crippen molar-refractivity contribution < 1.29 is 0 Å². The molecule has 98 valence electrons. The topological polar surface area (TPSA) is 43.6 Å². The van der Waals surface area contributed by atoms with Crippen LogP contribution in [0.4, 0.5) is 0 Å². The number of aromatic nitrogens is 4. The lowest BCUT2D eigenvalue weighted by atomic mass is 10.0. The average Bonchev–Trinajstić information content (AvgIpc) is 3.15. The zero-order valence-electron chi connectivity index (χ0n) is 10.7. The van der Waals surface area contributed by atoms with Gasteiger partial charge in [-0.15, -0.1) is 0 Å². The van der Waals surface area contributed by atoms with E-state index in [1.165, 1.54) is 16.8 Å². The SMILES string of the molecule is C1=Cc2c(-c3ccsc3)nn(-c3ccncn3)c2CC1. The molecule has 1 aliphatic carbocycles. The van der Waals surface area contributed by atoms with Gasteiger partial charge in [-0.25, -0.2) is 14.6 Å². The van der Waals surface area contributed by atoms with Crippen LogP contribution in [-0.4, -0.2) is 19.7 Å². The van der Waals surface area contributed by atoms with Gasteiger partial charge < -0.3 is 0 Å². The summed E-state index contributed by atoms with van der Waals surface area (Å²) in [6.07, 6.45) is 9.74. The first kappa shape index (κ1) is 11.5. The van der Waals surface area contributed by atoms with Gasteiger partial charge in [0.25, 0.3) is 0 Å². The Kier molecular flexibility index (Phi) is 2.70. The Balaban J connectivity index is 1.95. The zero-order valence-corrected chi connectivity index (χ0v) is 11.5. The number of hydrogen-bond donors (Lipinski definition) is 0. The Bertz CT molecular complexity index is 757. The summed E-state index contributed by atoms with van der Waals surface area (Å²) in [5.74, 6) is 0.827. The van der Waals surface area contributed by atoms with Gasteiger partial charge in [-0.1, -0.05) is 12.2 Å². The lowest BCUT2D eigenvalue weighted by Gasteiger charge is -2.09. The maximum absolute atomic E-state index is 4.79. The number of allylic oxidation sites excluding steroid dienone is 1. The Morgan fingerprint density at radius 3 is 3.05 bits per heavy atom. The first-order valence-corrected chi connectivity index (χ1v) is 7.45. The van der Waals surface area contributed by atoms with Gasteiger partial charge >= 0.3 is 0 Å². The normalized spacial score (nSPS) is 13.4. The molecule has 5 heteroatoms. The predicted octanol–water partition coefficient (Wildman–Crippen LogP) is 3.35. The van der Waals surface area contributed by atoms with E-state index in [2.05, 4.69) is 38.9 Å². The number of hydrogen-bond acceptors (Lipinski definition) is 4. The molecule has 0 unspecified atom stereocenters. The third-order valence-electron chi connectivity index (χ3n) is 3.43. The van der Waals surface area contributed by atoms with Crippen LogP contribution in [0.5, 0.6) is 0 Å². The molecule has 0 fully saturated rings. The molecule has 0 aliphatic heterocycles. The summed E-state index contributed by atoms with van der Waals surface area (Å²) >= 11 is 1.69. The standard InChI is InChI=1S/C15H12N4S/c1-2-4-13-12(3-1)15(11-6-8-20-9-11)18-19(13)14-5-7-16-10-17-14/h1,3,5-10H,2,4H2. The van der Waals surface area contributed by atoms with Crippen molar-refractivity contribution in [2.24, 2.45) is 0 Å². The molecule has 0 radical (unpaired) electrons. The molecule has 0 saturated carbocycles. The van der Waals surface area contributed by atoms with Gasteiger partial charge in [-0.05, 0) is 24.3 Å². The molecule has 0 aromatic carbocycles. The van der Waals surface area contributed by atoms with Crippen LogP contribution in [0.25, 0.3) is 23.2 Å². The second kappa shape index (κ2) is 4.68. The number of thiophene rings is 1. The van der Waals surface area contributed by atoms with E-state index in [-0.39, 0.29) is 0 Å². The van der Waals surface area contributed by atoms with Crippen molar-refractivity contribution in [3.63, 3.8) is 0 Å². The van der Waals surface area contributed by atoms with Crippen LogP contribution in [0.2, 0.25) is 0 Å². The van der Waals surface area contributed by atoms with Crippen molar-refractivity contribution in [1.82, 2.24) is 19.7 Å². The Labute approximate surface area is 120 Å². The van der Waals surface area contributed by atoms with Gasteiger partial charge in [0.05, 0.1) is 5.69 Å². The molecule has 20 heavy (non-hydrogen) atoms. The van der Waals surface area contributed by atoms with Gasteiger partial charge in [0.15, 0.2) is 5.82 Å². The van der Waals surface area contributed by atoms with Crippen molar-refractivity contribution in [3.8, 4) is 17.1 Å². The maximum atomic E-state index is 4.79. The van der Waals surface area contributed by atoms with Crippen molar-refractivity contribution in [1.29, 1.82) is 0 Å². The second-order valence-electron chi connectivity index (χ2n) is 4.64. The minimum Gasteiger partial charge on any atom is -0.245 e. The highest BCUT2D eigenvalue weighted by Crippen LogP contribution is 2.32. The minimum atomic E-state index is 0.827. The van der Waals surface area contributed by atoms with Crippen molar-refractivity contribution in [2.75, 3.05) is 0 Å². The molecule has 4 nitrogen and oxygen atoms in total. The van der Waals surface area contributed by atoms with E-state index >= 15 is 0 Å². The summed E-state index contributed by atoms with van der Waals surface area (Å²) in [6.45, 7) is 0. The van der Waals surface area contributed by atoms with Crippen LogP contribution in [0.1, 0.15) is 17.7 Å². The third-order valence-corrected chi connectivity index (χ3v) is 4.12. The molecule has 3 aromatic heterocycles. The van der Waals surface area contributed by atoms with Gasteiger partial charge in [0, 0.05) is 28.8 Å². The summed E-state index contributed by atoms with van der Waals surface area (Å²) in [6, 6.07) is 4.00. The summed E-state index contributed by atoms with van der Waals surface area (Å²) in [4.78, 5) is 8.29. The van der Waals surface area contributed by atoms with E-state index < -0.39 is 0 Å². The molecule has 3 heterocycles. The molecule has 0 bridgehead atoms.